The molecule has 1 fully saturated rings. The Labute approximate surface area is 296 Å². The maximum Gasteiger partial charge on any atom is 0.217 e. The lowest BCUT2D eigenvalue weighted by molar-refractivity contribution is -0.253. The van der Waals surface area contributed by atoms with Crippen LogP contribution in [0.15, 0.2) is 72.8 Å². The van der Waals surface area contributed by atoms with Gasteiger partial charge in [0.1, 0.15) is 0 Å². The molecule has 3 aromatic rings. The van der Waals surface area contributed by atoms with E-state index in [1.807, 2.05) is 24.3 Å². The summed E-state index contributed by atoms with van der Waals surface area (Å²) in [6.45, 7) is 9.78. The number of aliphatic hydroxyl groups excluding tert-OH is 1. The fraction of sp³-hybridized carbons (Fsp3) is 0.558. The molecule has 0 aliphatic carbocycles. The fourth-order valence-electron chi connectivity index (χ4n) is 6.84. The zero-order chi connectivity index (χ0) is 34.7. The Morgan fingerprint density at radius 3 is 1.96 bits per heavy atom. The van der Waals surface area contributed by atoms with E-state index in [0.717, 1.165) is 59.4 Å². The molecule has 1 aliphatic rings. The summed E-state index contributed by atoms with van der Waals surface area (Å²) in [5, 5.41) is 12.6. The number of hydrogen-bond acceptors (Lipinski definition) is 5. The molecule has 0 spiro atoms. The van der Waals surface area contributed by atoms with E-state index in [9.17, 15) is 9.90 Å². The van der Waals surface area contributed by atoms with Crippen molar-refractivity contribution in [1.82, 2.24) is 10.2 Å². The summed E-state index contributed by atoms with van der Waals surface area (Å²) in [6, 6.07) is 24.9. The zero-order valence-corrected chi connectivity index (χ0v) is 30.5. The van der Waals surface area contributed by atoms with E-state index in [2.05, 4.69) is 72.6 Å². The minimum absolute atomic E-state index is 0.0340. The second-order valence-electron chi connectivity index (χ2n) is 13.9. The molecule has 1 saturated heterocycles. The molecule has 0 aromatic heterocycles. The molecule has 0 saturated carbocycles. The third-order valence-corrected chi connectivity index (χ3v) is 9.77. The number of aliphatic hydroxyl groups is 1. The number of unbranched alkanes of at least 4 members (excludes halogenated alkanes) is 10. The van der Waals surface area contributed by atoms with E-state index in [0.29, 0.717) is 6.54 Å². The SMILES string of the molecule is CCCCCCCCN(CCCCCCCC)C[C@H]1C[C@@H](c2ccc(CO)cc2)O[C@@H](c2ccc(-c3ccccc3CNC(C)=O)cc2)O1. The first-order chi connectivity index (χ1) is 24.0. The summed E-state index contributed by atoms with van der Waals surface area (Å²) < 4.78 is 13.5. The van der Waals surface area contributed by atoms with Crippen molar-refractivity contribution in [3.63, 3.8) is 0 Å². The van der Waals surface area contributed by atoms with E-state index < -0.39 is 6.29 Å². The van der Waals surface area contributed by atoms with Gasteiger partial charge < -0.3 is 24.8 Å². The maximum absolute atomic E-state index is 11.6. The minimum atomic E-state index is -0.477. The van der Waals surface area contributed by atoms with Crippen molar-refractivity contribution in [3.8, 4) is 11.1 Å². The average molecular weight is 671 g/mol. The predicted octanol–water partition coefficient (Wildman–Crippen LogP) is 10.1. The Kier molecular flexibility index (Phi) is 17.3. The molecule has 0 unspecified atom stereocenters. The van der Waals surface area contributed by atoms with E-state index in [1.54, 1.807) is 6.92 Å². The van der Waals surface area contributed by atoms with Crippen LogP contribution in [0, 0.1) is 0 Å². The smallest absolute Gasteiger partial charge is 0.217 e. The van der Waals surface area contributed by atoms with Crippen LogP contribution >= 0.6 is 0 Å². The lowest BCUT2D eigenvalue weighted by Crippen LogP contribution is -2.40. The number of nitrogens with one attached hydrogen (secondary N) is 1. The Balaban J connectivity index is 1.49. The molecule has 6 heteroatoms. The molecule has 3 aromatic carbocycles. The predicted molar refractivity (Wildman–Crippen MR) is 201 cm³/mol. The summed E-state index contributed by atoms with van der Waals surface area (Å²) in [5.74, 6) is -0.0376. The molecule has 3 atom stereocenters. The van der Waals surface area contributed by atoms with Crippen LogP contribution in [0.2, 0.25) is 0 Å². The van der Waals surface area contributed by atoms with Gasteiger partial charge in [0.05, 0.1) is 18.8 Å². The van der Waals surface area contributed by atoms with Gasteiger partial charge in [-0.2, -0.15) is 0 Å². The molecular weight excluding hydrogens is 608 g/mol. The van der Waals surface area contributed by atoms with Crippen molar-refractivity contribution >= 4 is 5.91 Å². The third kappa shape index (κ3) is 13.3. The molecule has 4 rings (SSSR count). The van der Waals surface area contributed by atoms with Crippen molar-refractivity contribution in [2.75, 3.05) is 19.6 Å². The van der Waals surface area contributed by atoms with Crippen molar-refractivity contribution in [3.05, 3.63) is 95.1 Å². The Morgan fingerprint density at radius 1 is 0.755 bits per heavy atom. The molecule has 1 aliphatic heterocycles. The van der Waals surface area contributed by atoms with E-state index in [1.165, 1.54) is 77.0 Å². The van der Waals surface area contributed by atoms with Crippen LogP contribution in [0.5, 0.6) is 0 Å². The highest BCUT2D eigenvalue weighted by Gasteiger charge is 2.33. The number of carbonyl (C=O) groups excluding carboxylic acids is 1. The number of rotatable bonds is 22. The van der Waals surface area contributed by atoms with E-state index in [-0.39, 0.29) is 24.7 Å². The number of ether oxygens (including phenoxy) is 2. The van der Waals surface area contributed by atoms with Gasteiger partial charge >= 0.3 is 0 Å². The van der Waals surface area contributed by atoms with Crippen LogP contribution in [0.25, 0.3) is 11.1 Å². The Hall–Kier alpha value is -3.03. The number of amides is 1. The van der Waals surface area contributed by atoms with E-state index >= 15 is 0 Å². The molecule has 49 heavy (non-hydrogen) atoms. The first-order valence-corrected chi connectivity index (χ1v) is 19.2. The maximum atomic E-state index is 11.6. The largest absolute Gasteiger partial charge is 0.392 e. The molecule has 2 N–H and O–H groups in total. The second-order valence-corrected chi connectivity index (χ2v) is 13.9. The van der Waals surface area contributed by atoms with Gasteiger partial charge in [-0.3, -0.25) is 4.79 Å². The third-order valence-electron chi connectivity index (χ3n) is 9.77. The van der Waals surface area contributed by atoms with Crippen LogP contribution in [0.3, 0.4) is 0 Å². The van der Waals surface area contributed by atoms with E-state index in [4.69, 9.17) is 9.47 Å². The lowest BCUT2D eigenvalue weighted by atomic mass is 9.97. The number of carbonyl (C=O) groups is 1. The van der Waals surface area contributed by atoms with Crippen molar-refractivity contribution in [1.29, 1.82) is 0 Å². The van der Waals surface area contributed by atoms with Crippen LogP contribution in [-0.4, -0.2) is 41.7 Å². The number of benzene rings is 3. The summed E-state index contributed by atoms with van der Waals surface area (Å²) in [6.07, 6.45) is 15.9. The molecular formula is C43H62N2O4. The van der Waals surface area contributed by atoms with Crippen LogP contribution < -0.4 is 5.32 Å². The quantitative estimate of drug-likeness (QED) is 0.104. The highest BCUT2D eigenvalue weighted by Crippen LogP contribution is 2.39. The molecule has 268 valence electrons. The summed E-state index contributed by atoms with van der Waals surface area (Å²) in [7, 11) is 0. The molecule has 0 radical (unpaired) electrons. The molecule has 0 bridgehead atoms. The average Bonchev–Trinajstić information content (AvgIpc) is 3.13. The zero-order valence-electron chi connectivity index (χ0n) is 30.5. The first-order valence-electron chi connectivity index (χ1n) is 19.2. The van der Waals surface area contributed by atoms with Gasteiger partial charge in [0, 0.05) is 32.0 Å². The van der Waals surface area contributed by atoms with Crippen LogP contribution in [0.1, 0.15) is 139 Å². The Morgan fingerprint density at radius 2 is 1.35 bits per heavy atom. The number of hydrogen-bond donors (Lipinski definition) is 2. The monoisotopic (exact) mass is 670 g/mol. The highest BCUT2D eigenvalue weighted by molar-refractivity contribution is 5.74. The van der Waals surface area contributed by atoms with Crippen LogP contribution in [0.4, 0.5) is 0 Å². The van der Waals surface area contributed by atoms with Crippen molar-refractivity contribution in [2.45, 2.75) is 136 Å². The molecule has 6 nitrogen and oxygen atoms in total. The summed E-state index contributed by atoms with van der Waals surface area (Å²) in [5.41, 5.74) is 6.31. The van der Waals surface area contributed by atoms with Gasteiger partial charge in [-0.05, 0) is 53.7 Å². The molecule has 1 amide bonds. The number of nitrogens with zero attached hydrogens (tertiary/aromatic N) is 1. The van der Waals surface area contributed by atoms with Crippen LogP contribution in [-0.2, 0) is 27.4 Å². The standard InChI is InChI=1S/C43H62N2O4/c1-4-6-8-10-12-16-28-45(29-17-13-11-9-7-5-2)32-40-30-42(37-22-20-35(33-46)21-23-37)49-43(48-40)38-26-24-36(25-27-38)41-19-15-14-18-39(41)31-44-34(3)47/h14-15,18-27,40,42-43,46H,4-13,16-17,28-33H2,1-3H3,(H,44,47)/t40-,42+,43+/m1/s1. The lowest BCUT2D eigenvalue weighted by Gasteiger charge is -2.38. The normalized spacial score (nSPS) is 17.8. The van der Waals surface area contributed by atoms with Gasteiger partial charge in [0.15, 0.2) is 6.29 Å². The first kappa shape index (κ1) is 38.8. The van der Waals surface area contributed by atoms with Crippen molar-refractivity contribution in [2.24, 2.45) is 0 Å². The highest BCUT2D eigenvalue weighted by atomic mass is 16.7. The van der Waals surface area contributed by atoms with Crippen molar-refractivity contribution < 1.29 is 19.4 Å². The minimum Gasteiger partial charge on any atom is -0.392 e. The topological polar surface area (TPSA) is 71.0 Å². The van der Waals surface area contributed by atoms with Gasteiger partial charge in [-0.15, -0.1) is 0 Å². The van der Waals surface area contributed by atoms with Gasteiger partial charge in [0.25, 0.3) is 0 Å². The summed E-state index contributed by atoms with van der Waals surface area (Å²) >= 11 is 0. The van der Waals surface area contributed by atoms with Gasteiger partial charge in [-0.25, -0.2) is 0 Å². The Bertz CT molecular complexity index is 1330. The fourth-order valence-corrected chi connectivity index (χ4v) is 6.84. The summed E-state index contributed by atoms with van der Waals surface area (Å²) in [4.78, 5) is 14.2. The second kappa shape index (κ2) is 21.9. The molecule has 1 heterocycles. The van der Waals surface area contributed by atoms with Gasteiger partial charge in [-0.1, -0.05) is 151 Å². The van der Waals surface area contributed by atoms with Gasteiger partial charge in [0.2, 0.25) is 5.91 Å².